The summed E-state index contributed by atoms with van der Waals surface area (Å²) in [5, 5.41) is 12.6. The number of halogens is 1. The summed E-state index contributed by atoms with van der Waals surface area (Å²) in [7, 11) is 0. The zero-order chi connectivity index (χ0) is 41.3. The zero-order valence-corrected chi connectivity index (χ0v) is 35.8. The number of benzene rings is 3. The summed E-state index contributed by atoms with van der Waals surface area (Å²) in [5.74, 6) is 0.652. The molecule has 0 spiro atoms. The van der Waals surface area contributed by atoms with E-state index in [2.05, 4.69) is 36.9 Å². The molecule has 6 aromatic rings. The SMILES string of the molecule is Cc1cc(Br)c2oc(N3CCN(C(=O)CCCCCCCCCNC(=O)c4cnc(Nc5ccccc5C)c(NC(=O)c5csc6ccccc56)c4)CC3)cc(=O)c2c1. The monoisotopic (exact) mass is 876 g/mol. The number of amides is 3. The van der Waals surface area contributed by atoms with Crippen molar-refractivity contribution in [3.8, 4) is 0 Å². The summed E-state index contributed by atoms with van der Waals surface area (Å²) >= 11 is 5.04. The van der Waals surface area contributed by atoms with Crippen LogP contribution in [0.4, 0.5) is 23.1 Å². The van der Waals surface area contributed by atoms with Crippen molar-refractivity contribution in [1.29, 1.82) is 0 Å². The molecule has 3 aromatic heterocycles. The van der Waals surface area contributed by atoms with Crippen LogP contribution in [0.3, 0.4) is 0 Å². The van der Waals surface area contributed by atoms with E-state index < -0.39 is 0 Å². The quantitative estimate of drug-likeness (QED) is 0.0818. The molecule has 7 rings (SSSR count). The van der Waals surface area contributed by atoms with Gasteiger partial charge in [-0.25, -0.2) is 4.98 Å². The molecule has 0 unspecified atom stereocenters. The zero-order valence-electron chi connectivity index (χ0n) is 33.4. The van der Waals surface area contributed by atoms with Crippen molar-refractivity contribution in [2.24, 2.45) is 0 Å². The smallest absolute Gasteiger partial charge is 0.257 e. The minimum absolute atomic E-state index is 0.0689. The number of rotatable bonds is 16. The van der Waals surface area contributed by atoms with Gasteiger partial charge in [0, 0.05) is 72.6 Å². The molecule has 13 heteroatoms. The van der Waals surface area contributed by atoms with Crippen molar-refractivity contribution >= 4 is 89.1 Å². The number of carbonyl (C=O) groups excluding carboxylic acids is 3. The molecule has 1 aliphatic rings. The number of thiophene rings is 1. The Kier molecular flexibility index (Phi) is 13.7. The molecule has 3 amide bonds. The van der Waals surface area contributed by atoms with Gasteiger partial charge in [0.15, 0.2) is 22.7 Å². The van der Waals surface area contributed by atoms with E-state index in [0.29, 0.717) is 78.6 Å². The number of pyridine rings is 1. The third-order valence-electron chi connectivity index (χ3n) is 10.7. The number of unbranched alkanes of at least 4 members (excludes halogenated alkanes) is 6. The van der Waals surface area contributed by atoms with Crippen LogP contribution in [-0.4, -0.2) is 60.3 Å². The van der Waals surface area contributed by atoms with Crippen molar-refractivity contribution in [2.45, 2.75) is 65.2 Å². The van der Waals surface area contributed by atoms with Gasteiger partial charge in [-0.3, -0.25) is 19.2 Å². The van der Waals surface area contributed by atoms with Gasteiger partial charge in [-0.05, 0) is 84.1 Å². The Morgan fingerprint density at radius 3 is 2.34 bits per heavy atom. The van der Waals surface area contributed by atoms with Crippen LogP contribution in [0.1, 0.15) is 83.2 Å². The minimum atomic E-state index is -0.268. The van der Waals surface area contributed by atoms with E-state index in [-0.39, 0.29) is 23.2 Å². The molecule has 11 nitrogen and oxygen atoms in total. The number of hydrogen-bond donors (Lipinski definition) is 3. The van der Waals surface area contributed by atoms with Gasteiger partial charge in [-0.15, -0.1) is 11.3 Å². The number of aryl methyl sites for hydroxylation is 2. The largest absolute Gasteiger partial charge is 0.439 e. The van der Waals surface area contributed by atoms with Crippen LogP contribution >= 0.6 is 27.3 Å². The van der Waals surface area contributed by atoms with Crippen LogP contribution < -0.4 is 26.3 Å². The average Bonchev–Trinajstić information content (AvgIpc) is 3.68. The maximum atomic E-state index is 13.5. The lowest BCUT2D eigenvalue weighted by Gasteiger charge is -2.35. The Labute approximate surface area is 356 Å². The maximum absolute atomic E-state index is 13.5. The minimum Gasteiger partial charge on any atom is -0.439 e. The molecule has 0 atom stereocenters. The number of hydrogen-bond acceptors (Lipinski definition) is 9. The normalized spacial score (nSPS) is 12.9. The fourth-order valence-corrected chi connectivity index (χ4v) is 8.98. The van der Waals surface area contributed by atoms with E-state index in [1.807, 2.05) is 89.7 Å². The molecule has 3 N–H and O–H groups in total. The molecule has 0 bridgehead atoms. The first-order chi connectivity index (χ1) is 28.6. The Hall–Kier alpha value is -5.53. The second-order valence-electron chi connectivity index (χ2n) is 15.1. The maximum Gasteiger partial charge on any atom is 0.257 e. The van der Waals surface area contributed by atoms with Crippen molar-refractivity contribution in [2.75, 3.05) is 48.3 Å². The number of nitrogens with zero attached hydrogens (tertiary/aromatic N) is 3. The number of anilines is 4. The summed E-state index contributed by atoms with van der Waals surface area (Å²) in [6, 6.07) is 22.6. The van der Waals surface area contributed by atoms with Crippen LogP contribution in [0.2, 0.25) is 0 Å². The lowest BCUT2D eigenvalue weighted by Crippen LogP contribution is -2.48. The Bertz CT molecular complexity index is 2530. The van der Waals surface area contributed by atoms with Crippen LogP contribution in [0.15, 0.2) is 98.1 Å². The first kappa shape index (κ1) is 41.6. The topological polar surface area (TPSA) is 137 Å². The van der Waals surface area contributed by atoms with E-state index in [1.165, 1.54) is 17.5 Å². The van der Waals surface area contributed by atoms with Gasteiger partial charge in [-0.2, -0.15) is 0 Å². The van der Waals surface area contributed by atoms with Crippen molar-refractivity contribution in [1.82, 2.24) is 15.2 Å². The summed E-state index contributed by atoms with van der Waals surface area (Å²) in [6.07, 6.45) is 8.98. The van der Waals surface area contributed by atoms with Gasteiger partial charge in [0.05, 0.1) is 26.7 Å². The fourth-order valence-electron chi connectivity index (χ4n) is 7.39. The summed E-state index contributed by atoms with van der Waals surface area (Å²) < 4.78 is 7.91. The van der Waals surface area contributed by atoms with E-state index in [0.717, 1.165) is 76.3 Å². The van der Waals surface area contributed by atoms with Gasteiger partial charge in [0.2, 0.25) is 5.91 Å². The molecule has 306 valence electrons. The molecule has 1 fully saturated rings. The first-order valence-corrected chi connectivity index (χ1v) is 22.0. The van der Waals surface area contributed by atoms with Gasteiger partial charge in [0.25, 0.3) is 11.8 Å². The lowest BCUT2D eigenvalue weighted by atomic mass is 10.1. The van der Waals surface area contributed by atoms with E-state index in [4.69, 9.17) is 4.42 Å². The van der Waals surface area contributed by atoms with E-state index in [9.17, 15) is 19.2 Å². The molecule has 3 aromatic carbocycles. The van der Waals surface area contributed by atoms with Gasteiger partial charge in [0.1, 0.15) is 0 Å². The van der Waals surface area contributed by atoms with Crippen molar-refractivity contribution in [3.63, 3.8) is 0 Å². The third-order valence-corrected chi connectivity index (χ3v) is 12.3. The van der Waals surface area contributed by atoms with Crippen LogP contribution in [-0.2, 0) is 4.79 Å². The Morgan fingerprint density at radius 1 is 0.814 bits per heavy atom. The van der Waals surface area contributed by atoms with Gasteiger partial charge >= 0.3 is 0 Å². The highest BCUT2D eigenvalue weighted by Gasteiger charge is 2.23. The number of piperazine rings is 1. The molecular weight excluding hydrogens is 829 g/mol. The highest BCUT2D eigenvalue weighted by molar-refractivity contribution is 9.10. The average molecular weight is 878 g/mol. The summed E-state index contributed by atoms with van der Waals surface area (Å²) in [4.78, 5) is 61.0. The fraction of sp³-hybridized carbons (Fsp3) is 0.326. The first-order valence-electron chi connectivity index (χ1n) is 20.3. The molecule has 0 aliphatic carbocycles. The van der Waals surface area contributed by atoms with Gasteiger partial charge in [-0.1, -0.05) is 68.5 Å². The third kappa shape index (κ3) is 10.4. The predicted molar refractivity (Wildman–Crippen MR) is 241 cm³/mol. The molecule has 1 saturated heterocycles. The molecule has 0 radical (unpaired) electrons. The van der Waals surface area contributed by atoms with Crippen LogP contribution in [0, 0.1) is 13.8 Å². The lowest BCUT2D eigenvalue weighted by molar-refractivity contribution is -0.131. The standard InChI is InChI=1S/C46H49BrN6O5S/c1-30-24-34-39(54)27-42(58-43(34)36(47)25-30)53-22-20-52(21-23-53)41(55)18-8-6-4-3-5-7-13-19-48-45(56)32-26-38(44(49-28-32)50-37-16-11-9-14-31(37)2)51-46(57)35-29-59-40-17-12-10-15-33(35)40/h9-12,14-17,24-29H,3-8,13,18-23H2,1-2H3,(H,48,56)(H,49,50)(H,51,57). The van der Waals surface area contributed by atoms with E-state index >= 15 is 0 Å². The Balaban J connectivity index is 0.807. The van der Waals surface area contributed by atoms with Crippen LogP contribution in [0.5, 0.6) is 0 Å². The highest BCUT2D eigenvalue weighted by atomic mass is 79.9. The summed E-state index contributed by atoms with van der Waals surface area (Å²) in [6.45, 7) is 6.91. The van der Waals surface area contributed by atoms with Crippen LogP contribution in [0.25, 0.3) is 21.1 Å². The molecule has 4 heterocycles. The highest BCUT2D eigenvalue weighted by Crippen LogP contribution is 2.31. The van der Waals surface area contributed by atoms with Crippen molar-refractivity contribution in [3.05, 3.63) is 121 Å². The van der Waals surface area contributed by atoms with Crippen molar-refractivity contribution < 1.29 is 18.8 Å². The second-order valence-corrected chi connectivity index (χ2v) is 16.8. The number of para-hydroxylation sites is 1. The molecule has 1 aliphatic heterocycles. The Morgan fingerprint density at radius 2 is 1.54 bits per heavy atom. The number of fused-ring (bicyclic) bond motifs is 2. The second kappa shape index (κ2) is 19.5. The molecular formula is C46H49BrN6O5S. The van der Waals surface area contributed by atoms with Gasteiger partial charge < -0.3 is 30.2 Å². The molecule has 0 saturated carbocycles. The summed E-state index contributed by atoms with van der Waals surface area (Å²) in [5.41, 5.74) is 4.70. The number of aromatic nitrogens is 1. The predicted octanol–water partition coefficient (Wildman–Crippen LogP) is 9.98. The number of nitrogens with one attached hydrogen (secondary N) is 3. The number of carbonyl (C=O) groups is 3. The van der Waals surface area contributed by atoms with E-state index in [1.54, 1.807) is 12.1 Å². The molecule has 59 heavy (non-hydrogen) atoms.